The van der Waals surface area contributed by atoms with Crippen molar-refractivity contribution in [1.82, 2.24) is 20.1 Å². The van der Waals surface area contributed by atoms with Crippen LogP contribution in [0.5, 0.6) is 0 Å². The van der Waals surface area contributed by atoms with E-state index in [0.717, 1.165) is 23.9 Å². The molecule has 0 spiro atoms. The maximum atomic E-state index is 12.2. The number of amides is 1. The Morgan fingerprint density at radius 1 is 1.26 bits per heavy atom. The zero-order valence-corrected chi connectivity index (χ0v) is 17.1. The first-order valence-corrected chi connectivity index (χ1v) is 11.4. The van der Waals surface area contributed by atoms with Crippen molar-refractivity contribution in [3.05, 3.63) is 30.1 Å². The maximum absolute atomic E-state index is 12.2. The predicted molar refractivity (Wildman–Crippen MR) is 111 cm³/mol. The molecular formula is C21H32N4OS. The molecule has 0 unspecified atom stereocenters. The van der Waals surface area contributed by atoms with Gasteiger partial charge in [-0.05, 0) is 44.9 Å². The molecule has 1 aromatic rings. The number of carbonyl (C=O) groups excluding carboxylic acids is 1. The van der Waals surface area contributed by atoms with E-state index in [2.05, 4.69) is 32.7 Å². The first kappa shape index (κ1) is 20.2. The topological polar surface area (TPSA) is 59.8 Å². The van der Waals surface area contributed by atoms with Gasteiger partial charge in [0.25, 0.3) is 0 Å². The van der Waals surface area contributed by atoms with E-state index in [9.17, 15) is 4.79 Å². The minimum atomic E-state index is 0.0729. The molecule has 0 aliphatic heterocycles. The van der Waals surface area contributed by atoms with Gasteiger partial charge in [-0.2, -0.15) is 0 Å². The zero-order valence-electron chi connectivity index (χ0n) is 16.3. The highest BCUT2D eigenvalue weighted by atomic mass is 32.2. The van der Waals surface area contributed by atoms with Crippen LogP contribution in [0.2, 0.25) is 0 Å². The summed E-state index contributed by atoms with van der Waals surface area (Å²) in [6.07, 6.45) is 16.4. The van der Waals surface area contributed by atoms with Crippen LogP contribution in [0, 0.1) is 0 Å². The van der Waals surface area contributed by atoms with Gasteiger partial charge in [0.1, 0.15) is 5.82 Å². The molecule has 1 amide bonds. The summed E-state index contributed by atoms with van der Waals surface area (Å²) in [4.78, 5) is 12.2. The van der Waals surface area contributed by atoms with Crippen molar-refractivity contribution in [3.8, 4) is 0 Å². The highest BCUT2D eigenvalue weighted by Crippen LogP contribution is 2.33. The molecule has 0 saturated heterocycles. The minimum absolute atomic E-state index is 0.0729. The molecule has 1 heterocycles. The van der Waals surface area contributed by atoms with Gasteiger partial charge < -0.3 is 9.88 Å². The number of hydrogen-bond acceptors (Lipinski definition) is 4. The van der Waals surface area contributed by atoms with Gasteiger partial charge in [-0.1, -0.05) is 48.7 Å². The molecule has 2 aliphatic rings. The number of aromatic nitrogens is 3. The van der Waals surface area contributed by atoms with Gasteiger partial charge >= 0.3 is 0 Å². The molecule has 1 fully saturated rings. The second-order valence-electron chi connectivity index (χ2n) is 7.57. The molecule has 0 atom stereocenters. The normalized spacial score (nSPS) is 18.1. The van der Waals surface area contributed by atoms with Gasteiger partial charge in [-0.3, -0.25) is 4.79 Å². The van der Waals surface area contributed by atoms with Crippen LogP contribution in [0.1, 0.15) is 76.0 Å². The first-order valence-electron chi connectivity index (χ1n) is 10.4. The molecule has 6 heteroatoms. The van der Waals surface area contributed by atoms with Crippen LogP contribution >= 0.6 is 11.8 Å². The summed E-state index contributed by atoms with van der Waals surface area (Å²) in [6, 6.07) is 0. The Morgan fingerprint density at radius 2 is 2.11 bits per heavy atom. The molecule has 3 rings (SSSR count). The second kappa shape index (κ2) is 10.7. The fourth-order valence-corrected chi connectivity index (χ4v) is 4.83. The Kier molecular flexibility index (Phi) is 7.99. The van der Waals surface area contributed by atoms with Crippen molar-refractivity contribution in [2.45, 2.75) is 81.8 Å². The third-order valence-electron chi connectivity index (χ3n) is 5.51. The third kappa shape index (κ3) is 5.96. The SMILES string of the molecule is C=CCn1c(SCC(=O)NCCC2=CCCCC2)nnc1C1CCCCC1. The van der Waals surface area contributed by atoms with E-state index < -0.39 is 0 Å². The number of carbonyl (C=O) groups is 1. The summed E-state index contributed by atoms with van der Waals surface area (Å²) >= 11 is 1.48. The average Bonchev–Trinajstić information content (AvgIpc) is 3.11. The molecule has 2 aliphatic carbocycles. The summed E-state index contributed by atoms with van der Waals surface area (Å²) in [6.45, 7) is 5.31. The van der Waals surface area contributed by atoms with E-state index in [1.165, 1.54) is 75.1 Å². The Balaban J connectivity index is 1.49. The fraction of sp³-hybridized carbons (Fsp3) is 0.667. The molecule has 0 radical (unpaired) electrons. The first-order chi connectivity index (χ1) is 13.3. The molecule has 1 aromatic heterocycles. The minimum Gasteiger partial charge on any atom is -0.355 e. The summed E-state index contributed by atoms with van der Waals surface area (Å²) in [5.74, 6) is 2.03. The Morgan fingerprint density at radius 3 is 2.85 bits per heavy atom. The number of thioether (sulfide) groups is 1. The maximum Gasteiger partial charge on any atom is 0.230 e. The fourth-order valence-electron chi connectivity index (χ4n) is 4.05. The third-order valence-corrected chi connectivity index (χ3v) is 6.48. The highest BCUT2D eigenvalue weighted by Gasteiger charge is 2.23. The lowest BCUT2D eigenvalue weighted by Crippen LogP contribution is -2.26. The van der Waals surface area contributed by atoms with Gasteiger partial charge in [0.2, 0.25) is 5.91 Å². The van der Waals surface area contributed by atoms with Crippen LogP contribution in [-0.4, -0.2) is 33.0 Å². The van der Waals surface area contributed by atoms with Crippen LogP contribution in [0.3, 0.4) is 0 Å². The molecule has 0 aromatic carbocycles. The standard InChI is InChI=1S/C21H32N4OS/c1-2-15-25-20(18-11-7-4-8-12-18)23-24-21(25)27-16-19(26)22-14-13-17-9-5-3-6-10-17/h2,9,18H,1,3-8,10-16H2,(H,22,26). The van der Waals surface area contributed by atoms with Crippen molar-refractivity contribution in [3.63, 3.8) is 0 Å². The van der Waals surface area contributed by atoms with Crippen LogP contribution in [0.4, 0.5) is 0 Å². The summed E-state index contributed by atoms with van der Waals surface area (Å²) in [5.41, 5.74) is 1.50. The summed E-state index contributed by atoms with van der Waals surface area (Å²) < 4.78 is 2.15. The Hall–Kier alpha value is -1.56. The van der Waals surface area contributed by atoms with Crippen molar-refractivity contribution in [2.75, 3.05) is 12.3 Å². The molecule has 27 heavy (non-hydrogen) atoms. The number of rotatable bonds is 9. The number of nitrogens with zero attached hydrogens (tertiary/aromatic N) is 3. The monoisotopic (exact) mass is 388 g/mol. The van der Waals surface area contributed by atoms with E-state index in [4.69, 9.17) is 0 Å². The van der Waals surface area contributed by atoms with Crippen molar-refractivity contribution >= 4 is 17.7 Å². The molecule has 148 valence electrons. The average molecular weight is 389 g/mol. The molecule has 5 nitrogen and oxygen atoms in total. The van der Waals surface area contributed by atoms with Crippen LogP contribution in [-0.2, 0) is 11.3 Å². The molecule has 0 bridgehead atoms. The van der Waals surface area contributed by atoms with Gasteiger partial charge in [0.15, 0.2) is 5.16 Å². The van der Waals surface area contributed by atoms with Crippen molar-refractivity contribution in [2.24, 2.45) is 0 Å². The van der Waals surface area contributed by atoms with E-state index in [1.807, 2.05) is 6.08 Å². The molecule has 1 N–H and O–H groups in total. The van der Waals surface area contributed by atoms with E-state index in [-0.39, 0.29) is 5.91 Å². The van der Waals surface area contributed by atoms with E-state index in [1.54, 1.807) is 0 Å². The van der Waals surface area contributed by atoms with E-state index in [0.29, 0.717) is 18.2 Å². The largest absolute Gasteiger partial charge is 0.355 e. The van der Waals surface area contributed by atoms with Gasteiger partial charge in [-0.15, -0.1) is 16.8 Å². The number of allylic oxidation sites excluding steroid dienone is 2. The zero-order chi connectivity index (χ0) is 18.9. The number of nitrogens with one attached hydrogen (secondary N) is 1. The lowest BCUT2D eigenvalue weighted by Gasteiger charge is -2.21. The van der Waals surface area contributed by atoms with Crippen LogP contribution in [0.15, 0.2) is 29.5 Å². The molecular weight excluding hydrogens is 356 g/mol. The predicted octanol–water partition coefficient (Wildman–Crippen LogP) is 4.61. The van der Waals surface area contributed by atoms with E-state index >= 15 is 0 Å². The van der Waals surface area contributed by atoms with Crippen LogP contribution < -0.4 is 5.32 Å². The quantitative estimate of drug-likeness (QED) is 0.496. The summed E-state index contributed by atoms with van der Waals surface area (Å²) in [5, 5.41) is 12.7. The lowest BCUT2D eigenvalue weighted by atomic mass is 9.89. The van der Waals surface area contributed by atoms with Crippen LogP contribution in [0.25, 0.3) is 0 Å². The Labute approximate surface area is 167 Å². The Bertz CT molecular complexity index is 661. The molecule has 1 saturated carbocycles. The van der Waals surface area contributed by atoms with Crippen molar-refractivity contribution < 1.29 is 4.79 Å². The van der Waals surface area contributed by atoms with Gasteiger partial charge in [-0.25, -0.2) is 0 Å². The highest BCUT2D eigenvalue weighted by molar-refractivity contribution is 7.99. The van der Waals surface area contributed by atoms with Gasteiger partial charge in [0, 0.05) is 19.0 Å². The summed E-state index contributed by atoms with van der Waals surface area (Å²) in [7, 11) is 0. The lowest BCUT2D eigenvalue weighted by molar-refractivity contribution is -0.118. The van der Waals surface area contributed by atoms with Crippen molar-refractivity contribution in [1.29, 1.82) is 0 Å². The number of hydrogen-bond donors (Lipinski definition) is 1. The smallest absolute Gasteiger partial charge is 0.230 e. The van der Waals surface area contributed by atoms with Gasteiger partial charge in [0.05, 0.1) is 5.75 Å². The second-order valence-corrected chi connectivity index (χ2v) is 8.51.